The minimum absolute atomic E-state index is 0.0593. The largest absolute Gasteiger partial charge is 0.497 e. The smallest absolute Gasteiger partial charge is 0.273 e. The second-order valence-corrected chi connectivity index (χ2v) is 8.27. The molecule has 31 heavy (non-hydrogen) atoms. The summed E-state index contributed by atoms with van der Waals surface area (Å²) >= 11 is 7.29. The topological polar surface area (TPSA) is 62.7 Å². The van der Waals surface area contributed by atoms with Crippen molar-refractivity contribution < 1.29 is 18.7 Å². The van der Waals surface area contributed by atoms with E-state index in [1.54, 1.807) is 17.4 Å². The summed E-state index contributed by atoms with van der Waals surface area (Å²) in [5.41, 5.74) is 1.22. The van der Waals surface area contributed by atoms with Crippen molar-refractivity contribution in [1.82, 2.24) is 14.8 Å². The van der Waals surface area contributed by atoms with Crippen molar-refractivity contribution in [2.24, 2.45) is 0 Å². The number of thiazole rings is 1. The summed E-state index contributed by atoms with van der Waals surface area (Å²) in [7, 11) is 1.61. The Bertz CT molecular complexity index is 1110. The zero-order valence-corrected chi connectivity index (χ0v) is 18.3. The Morgan fingerprint density at radius 2 is 1.68 bits per heavy atom. The minimum atomic E-state index is -0.610. The quantitative estimate of drug-likeness (QED) is 0.586. The minimum Gasteiger partial charge on any atom is -0.497 e. The van der Waals surface area contributed by atoms with Crippen molar-refractivity contribution in [3.05, 3.63) is 69.9 Å². The van der Waals surface area contributed by atoms with E-state index in [2.05, 4.69) is 4.98 Å². The summed E-state index contributed by atoms with van der Waals surface area (Å²) in [4.78, 5) is 33.2. The molecular formula is C22H19ClFN3O3S. The predicted octanol–water partition coefficient (Wildman–Crippen LogP) is 4.21. The van der Waals surface area contributed by atoms with Crippen LogP contribution in [0.3, 0.4) is 0 Å². The predicted molar refractivity (Wildman–Crippen MR) is 117 cm³/mol. The highest BCUT2D eigenvalue weighted by Crippen LogP contribution is 2.26. The van der Waals surface area contributed by atoms with Crippen molar-refractivity contribution in [1.29, 1.82) is 0 Å². The molecule has 0 unspecified atom stereocenters. The van der Waals surface area contributed by atoms with Gasteiger partial charge in [-0.05, 0) is 42.5 Å². The molecule has 9 heteroatoms. The fourth-order valence-corrected chi connectivity index (χ4v) is 4.32. The highest BCUT2D eigenvalue weighted by molar-refractivity contribution is 7.13. The molecule has 2 heterocycles. The number of ether oxygens (including phenoxy) is 1. The molecule has 160 valence electrons. The van der Waals surface area contributed by atoms with E-state index >= 15 is 0 Å². The van der Waals surface area contributed by atoms with Crippen molar-refractivity contribution in [2.45, 2.75) is 0 Å². The molecule has 0 spiro atoms. The summed E-state index contributed by atoms with van der Waals surface area (Å²) in [6, 6.07) is 11.4. The third kappa shape index (κ3) is 4.55. The highest BCUT2D eigenvalue weighted by Gasteiger charge is 2.28. The molecule has 1 saturated heterocycles. The number of halogens is 2. The van der Waals surface area contributed by atoms with E-state index in [0.29, 0.717) is 36.9 Å². The van der Waals surface area contributed by atoms with Crippen molar-refractivity contribution in [2.75, 3.05) is 33.3 Å². The first-order valence-corrected chi connectivity index (χ1v) is 10.9. The summed E-state index contributed by atoms with van der Waals surface area (Å²) in [6.07, 6.45) is 0. The monoisotopic (exact) mass is 459 g/mol. The molecule has 2 amide bonds. The van der Waals surface area contributed by atoms with Gasteiger partial charge < -0.3 is 14.5 Å². The Morgan fingerprint density at radius 3 is 2.32 bits per heavy atom. The molecular weight excluding hydrogens is 441 g/mol. The average Bonchev–Trinajstić information content (AvgIpc) is 3.30. The fourth-order valence-electron chi connectivity index (χ4n) is 3.34. The molecule has 1 aromatic heterocycles. The number of carbonyl (C=O) groups is 2. The van der Waals surface area contributed by atoms with Gasteiger partial charge in [-0.3, -0.25) is 9.59 Å². The standard InChI is InChI=1S/C22H19ClFN3O3S/c1-30-16-5-2-14(3-6-16)20-25-19(13-31-20)22(29)27-10-8-26(9-11-27)21(28)17-12-15(23)4-7-18(17)24/h2-7,12-13H,8-11H2,1H3. The van der Waals surface area contributed by atoms with Crippen LogP contribution in [0, 0.1) is 5.82 Å². The summed E-state index contributed by atoms with van der Waals surface area (Å²) in [5, 5.41) is 2.78. The van der Waals surface area contributed by atoms with Crippen LogP contribution in [0.25, 0.3) is 10.6 Å². The number of carbonyl (C=O) groups excluding carboxylic acids is 2. The fraction of sp³-hybridized carbons (Fsp3) is 0.227. The molecule has 6 nitrogen and oxygen atoms in total. The second-order valence-electron chi connectivity index (χ2n) is 6.97. The molecule has 0 atom stereocenters. The zero-order valence-electron chi connectivity index (χ0n) is 16.7. The van der Waals surface area contributed by atoms with E-state index in [9.17, 15) is 14.0 Å². The summed E-state index contributed by atoms with van der Waals surface area (Å²) < 4.78 is 19.2. The molecule has 4 rings (SSSR count). The van der Waals surface area contributed by atoms with Crippen LogP contribution in [0.4, 0.5) is 4.39 Å². The lowest BCUT2D eigenvalue weighted by molar-refractivity contribution is 0.0530. The molecule has 0 radical (unpaired) electrons. The van der Waals surface area contributed by atoms with Gasteiger partial charge in [-0.15, -0.1) is 11.3 Å². The van der Waals surface area contributed by atoms with Gasteiger partial charge in [0.05, 0.1) is 12.7 Å². The van der Waals surface area contributed by atoms with Gasteiger partial charge in [0.1, 0.15) is 22.3 Å². The van der Waals surface area contributed by atoms with Gasteiger partial charge in [-0.2, -0.15) is 0 Å². The number of hydrogen-bond acceptors (Lipinski definition) is 5. The van der Waals surface area contributed by atoms with Crippen molar-refractivity contribution in [3.63, 3.8) is 0 Å². The molecule has 2 aromatic carbocycles. The molecule has 0 bridgehead atoms. The van der Waals surface area contributed by atoms with Crippen LogP contribution in [0.5, 0.6) is 5.75 Å². The van der Waals surface area contributed by atoms with Gasteiger partial charge in [0.2, 0.25) is 0 Å². The van der Waals surface area contributed by atoms with E-state index in [-0.39, 0.29) is 11.5 Å². The SMILES string of the molecule is COc1ccc(-c2nc(C(=O)N3CCN(C(=O)c4cc(Cl)ccc4F)CC3)cs2)cc1. The van der Waals surface area contributed by atoms with Gasteiger partial charge >= 0.3 is 0 Å². The molecule has 1 aliphatic heterocycles. The first-order chi connectivity index (χ1) is 15.0. The van der Waals surface area contributed by atoms with E-state index in [0.717, 1.165) is 16.3 Å². The average molecular weight is 460 g/mol. The van der Waals surface area contributed by atoms with E-state index in [4.69, 9.17) is 16.3 Å². The van der Waals surface area contributed by atoms with Crippen LogP contribution in [0.2, 0.25) is 5.02 Å². The van der Waals surface area contributed by atoms with Crippen LogP contribution in [0.1, 0.15) is 20.8 Å². The van der Waals surface area contributed by atoms with Crippen molar-refractivity contribution in [3.8, 4) is 16.3 Å². The zero-order chi connectivity index (χ0) is 22.0. The number of amides is 2. The number of aromatic nitrogens is 1. The normalized spacial score (nSPS) is 13.9. The number of methoxy groups -OCH3 is 1. The van der Waals surface area contributed by atoms with Gasteiger partial charge in [0, 0.05) is 42.1 Å². The maximum atomic E-state index is 14.0. The second kappa shape index (κ2) is 9.03. The van der Waals surface area contributed by atoms with Crippen molar-refractivity contribution >= 4 is 34.8 Å². The van der Waals surface area contributed by atoms with E-state index in [1.807, 2.05) is 24.3 Å². The lowest BCUT2D eigenvalue weighted by Gasteiger charge is -2.34. The van der Waals surface area contributed by atoms with Gasteiger partial charge in [-0.25, -0.2) is 9.37 Å². The van der Waals surface area contributed by atoms with E-state index < -0.39 is 11.7 Å². The third-order valence-corrected chi connectivity index (χ3v) is 6.20. The first kappa shape index (κ1) is 21.3. The van der Waals surface area contributed by atoms with Crippen LogP contribution < -0.4 is 4.74 Å². The lowest BCUT2D eigenvalue weighted by Crippen LogP contribution is -2.50. The third-order valence-electron chi connectivity index (χ3n) is 5.07. The summed E-state index contributed by atoms with van der Waals surface area (Å²) in [6.45, 7) is 1.32. The Hall–Kier alpha value is -2.97. The maximum Gasteiger partial charge on any atom is 0.273 e. The molecule has 0 N–H and O–H groups in total. The Morgan fingerprint density at radius 1 is 1.03 bits per heavy atom. The maximum absolute atomic E-state index is 14.0. The molecule has 0 saturated carbocycles. The van der Waals surface area contributed by atoms with Gasteiger partial charge in [0.15, 0.2) is 0 Å². The number of rotatable bonds is 4. The Labute approximate surface area is 187 Å². The molecule has 1 fully saturated rings. The number of hydrogen-bond donors (Lipinski definition) is 0. The molecule has 0 aliphatic carbocycles. The lowest BCUT2D eigenvalue weighted by atomic mass is 10.1. The van der Waals surface area contributed by atoms with Crippen LogP contribution >= 0.6 is 22.9 Å². The first-order valence-electron chi connectivity index (χ1n) is 9.60. The van der Waals surface area contributed by atoms with Gasteiger partial charge in [0.25, 0.3) is 11.8 Å². The number of piperazine rings is 1. The molecule has 1 aliphatic rings. The van der Waals surface area contributed by atoms with Crippen LogP contribution in [0.15, 0.2) is 47.8 Å². The van der Waals surface area contributed by atoms with Crippen LogP contribution in [-0.2, 0) is 0 Å². The Balaban J connectivity index is 1.40. The van der Waals surface area contributed by atoms with Gasteiger partial charge in [-0.1, -0.05) is 11.6 Å². The molecule has 3 aromatic rings. The Kier molecular flexibility index (Phi) is 6.20. The number of nitrogens with zero attached hydrogens (tertiary/aromatic N) is 3. The number of benzene rings is 2. The van der Waals surface area contributed by atoms with Crippen LogP contribution in [-0.4, -0.2) is 59.9 Å². The highest BCUT2D eigenvalue weighted by atomic mass is 35.5. The van der Waals surface area contributed by atoms with E-state index in [1.165, 1.54) is 34.4 Å². The summed E-state index contributed by atoms with van der Waals surface area (Å²) in [5.74, 6) is -0.470.